The quantitative estimate of drug-likeness (QED) is 0.876. The van der Waals surface area contributed by atoms with Gasteiger partial charge in [-0.05, 0) is 31.7 Å². The van der Waals surface area contributed by atoms with Crippen molar-refractivity contribution in [1.82, 2.24) is 5.32 Å². The fourth-order valence-corrected chi connectivity index (χ4v) is 2.10. The van der Waals surface area contributed by atoms with E-state index in [0.717, 1.165) is 17.7 Å². The first-order valence-corrected chi connectivity index (χ1v) is 5.96. The van der Waals surface area contributed by atoms with Gasteiger partial charge in [0.05, 0.1) is 25.1 Å². The zero-order chi connectivity index (χ0) is 12.8. The molecule has 0 saturated carbocycles. The van der Waals surface area contributed by atoms with Gasteiger partial charge in [-0.3, -0.25) is 0 Å². The summed E-state index contributed by atoms with van der Waals surface area (Å²) >= 11 is 6.00. The molecule has 3 nitrogen and oxygen atoms in total. The van der Waals surface area contributed by atoms with Gasteiger partial charge >= 0.3 is 0 Å². The van der Waals surface area contributed by atoms with Crippen LogP contribution in [0.2, 0.25) is 5.02 Å². The van der Waals surface area contributed by atoms with Crippen LogP contribution in [0.15, 0.2) is 18.2 Å². The standard InChI is InChI=1S/C13H17ClN2O/c1-4-9(8-15)13(16-2)11-7-10(14)5-6-12(11)17-3/h5-7,9,13,16H,4H2,1-3H3. The van der Waals surface area contributed by atoms with E-state index < -0.39 is 0 Å². The van der Waals surface area contributed by atoms with Crippen molar-refractivity contribution in [3.05, 3.63) is 28.8 Å². The summed E-state index contributed by atoms with van der Waals surface area (Å²) in [5, 5.41) is 13.0. The van der Waals surface area contributed by atoms with Crippen molar-refractivity contribution in [2.45, 2.75) is 19.4 Å². The van der Waals surface area contributed by atoms with Gasteiger partial charge in [-0.15, -0.1) is 0 Å². The second-order valence-corrected chi connectivity index (χ2v) is 4.23. The van der Waals surface area contributed by atoms with Crippen molar-refractivity contribution in [3.8, 4) is 11.8 Å². The van der Waals surface area contributed by atoms with Crippen molar-refractivity contribution < 1.29 is 4.74 Å². The molecule has 1 N–H and O–H groups in total. The van der Waals surface area contributed by atoms with Crippen LogP contribution in [0, 0.1) is 17.2 Å². The topological polar surface area (TPSA) is 45.0 Å². The molecule has 1 aromatic rings. The van der Waals surface area contributed by atoms with E-state index in [-0.39, 0.29) is 12.0 Å². The third-order valence-electron chi connectivity index (χ3n) is 2.85. The van der Waals surface area contributed by atoms with Crippen molar-refractivity contribution in [2.75, 3.05) is 14.2 Å². The molecular formula is C13H17ClN2O. The van der Waals surface area contributed by atoms with Gasteiger partial charge in [0.2, 0.25) is 0 Å². The Labute approximate surface area is 107 Å². The molecule has 0 heterocycles. The number of halogens is 1. The maximum absolute atomic E-state index is 9.16. The second kappa shape index (κ2) is 6.48. The molecule has 17 heavy (non-hydrogen) atoms. The molecule has 0 fully saturated rings. The predicted octanol–water partition coefficient (Wildman–Crippen LogP) is 3.16. The molecular weight excluding hydrogens is 236 g/mol. The number of benzene rings is 1. The van der Waals surface area contributed by atoms with E-state index in [4.69, 9.17) is 21.6 Å². The van der Waals surface area contributed by atoms with Gasteiger partial charge in [0.15, 0.2) is 0 Å². The normalized spacial score (nSPS) is 13.8. The zero-order valence-corrected chi connectivity index (χ0v) is 11.1. The van der Waals surface area contributed by atoms with Crippen molar-refractivity contribution in [3.63, 3.8) is 0 Å². The van der Waals surface area contributed by atoms with Crippen molar-refractivity contribution in [2.24, 2.45) is 5.92 Å². The van der Waals surface area contributed by atoms with Crippen LogP contribution >= 0.6 is 11.6 Å². The van der Waals surface area contributed by atoms with Crippen LogP contribution in [0.3, 0.4) is 0 Å². The van der Waals surface area contributed by atoms with E-state index in [1.807, 2.05) is 26.1 Å². The van der Waals surface area contributed by atoms with Gasteiger partial charge < -0.3 is 10.1 Å². The van der Waals surface area contributed by atoms with E-state index in [1.165, 1.54) is 0 Å². The van der Waals surface area contributed by atoms with E-state index >= 15 is 0 Å². The lowest BCUT2D eigenvalue weighted by atomic mass is 9.91. The van der Waals surface area contributed by atoms with Gasteiger partial charge in [-0.1, -0.05) is 18.5 Å². The smallest absolute Gasteiger partial charge is 0.123 e. The predicted molar refractivity (Wildman–Crippen MR) is 69.2 cm³/mol. The molecule has 0 aliphatic carbocycles. The van der Waals surface area contributed by atoms with Gasteiger partial charge in [0.1, 0.15) is 5.75 Å². The number of methoxy groups -OCH3 is 1. The first-order valence-electron chi connectivity index (χ1n) is 5.58. The minimum Gasteiger partial charge on any atom is -0.496 e. The number of nitriles is 1. The molecule has 4 heteroatoms. The molecule has 2 atom stereocenters. The monoisotopic (exact) mass is 252 g/mol. The summed E-state index contributed by atoms with van der Waals surface area (Å²) in [6, 6.07) is 7.70. The lowest BCUT2D eigenvalue weighted by Crippen LogP contribution is -2.24. The number of nitrogens with one attached hydrogen (secondary N) is 1. The second-order valence-electron chi connectivity index (χ2n) is 3.80. The molecule has 0 aliphatic heterocycles. The summed E-state index contributed by atoms with van der Waals surface area (Å²) in [5.74, 6) is 0.648. The molecule has 2 unspecified atom stereocenters. The largest absolute Gasteiger partial charge is 0.496 e. The molecule has 0 amide bonds. The zero-order valence-electron chi connectivity index (χ0n) is 10.3. The van der Waals surface area contributed by atoms with Gasteiger partial charge in [0.25, 0.3) is 0 Å². The maximum Gasteiger partial charge on any atom is 0.123 e. The Morgan fingerprint density at radius 3 is 2.71 bits per heavy atom. The Kier molecular flexibility index (Phi) is 5.27. The maximum atomic E-state index is 9.16. The van der Waals surface area contributed by atoms with Crippen LogP contribution in [-0.2, 0) is 0 Å². The fourth-order valence-electron chi connectivity index (χ4n) is 1.92. The highest BCUT2D eigenvalue weighted by Crippen LogP contribution is 2.33. The molecule has 0 aliphatic rings. The number of hydrogen-bond donors (Lipinski definition) is 1. The first-order chi connectivity index (χ1) is 8.17. The average molecular weight is 253 g/mol. The van der Waals surface area contributed by atoms with Crippen LogP contribution in [0.25, 0.3) is 0 Å². The highest BCUT2D eigenvalue weighted by atomic mass is 35.5. The molecule has 92 valence electrons. The molecule has 0 bridgehead atoms. The summed E-state index contributed by atoms with van der Waals surface area (Å²) in [7, 11) is 3.46. The van der Waals surface area contributed by atoms with Gasteiger partial charge in [0, 0.05) is 10.6 Å². The van der Waals surface area contributed by atoms with Crippen LogP contribution in [0.1, 0.15) is 24.9 Å². The molecule has 1 rings (SSSR count). The van der Waals surface area contributed by atoms with Crippen LogP contribution in [0.5, 0.6) is 5.75 Å². The van der Waals surface area contributed by atoms with E-state index in [2.05, 4.69) is 11.4 Å². The summed E-state index contributed by atoms with van der Waals surface area (Å²) in [4.78, 5) is 0. The average Bonchev–Trinajstić information content (AvgIpc) is 2.35. The molecule has 1 aromatic carbocycles. The van der Waals surface area contributed by atoms with E-state index in [9.17, 15) is 0 Å². The fraction of sp³-hybridized carbons (Fsp3) is 0.462. The SMILES string of the molecule is CCC(C#N)C(NC)c1cc(Cl)ccc1OC. The van der Waals surface area contributed by atoms with Crippen molar-refractivity contribution >= 4 is 11.6 Å². The van der Waals surface area contributed by atoms with Crippen LogP contribution in [-0.4, -0.2) is 14.2 Å². The van der Waals surface area contributed by atoms with E-state index in [1.54, 1.807) is 13.2 Å². The lowest BCUT2D eigenvalue weighted by molar-refractivity contribution is 0.384. The molecule has 0 radical (unpaired) electrons. The third kappa shape index (κ3) is 3.12. The Morgan fingerprint density at radius 1 is 1.53 bits per heavy atom. The Hall–Kier alpha value is -1.24. The number of hydrogen-bond acceptors (Lipinski definition) is 3. The minimum absolute atomic E-state index is 0.0707. The van der Waals surface area contributed by atoms with E-state index in [0.29, 0.717) is 5.02 Å². The molecule has 0 aromatic heterocycles. The Bertz CT molecular complexity index is 414. The number of nitrogens with zero attached hydrogens (tertiary/aromatic N) is 1. The third-order valence-corrected chi connectivity index (χ3v) is 3.08. The Balaban J connectivity index is 3.19. The summed E-state index contributed by atoms with van der Waals surface area (Å²) in [6.45, 7) is 2.00. The lowest BCUT2D eigenvalue weighted by Gasteiger charge is -2.23. The number of ether oxygens (including phenoxy) is 1. The summed E-state index contributed by atoms with van der Waals surface area (Å²) in [5.41, 5.74) is 0.927. The Morgan fingerprint density at radius 2 is 2.24 bits per heavy atom. The van der Waals surface area contributed by atoms with Crippen molar-refractivity contribution in [1.29, 1.82) is 5.26 Å². The van der Waals surface area contributed by atoms with Crippen LogP contribution in [0.4, 0.5) is 0 Å². The highest BCUT2D eigenvalue weighted by Gasteiger charge is 2.23. The number of rotatable bonds is 5. The summed E-state index contributed by atoms with van der Waals surface area (Å²) in [6.07, 6.45) is 0.775. The first kappa shape index (κ1) is 13.8. The molecule has 0 spiro atoms. The van der Waals surface area contributed by atoms with Gasteiger partial charge in [-0.2, -0.15) is 5.26 Å². The van der Waals surface area contributed by atoms with Gasteiger partial charge in [-0.25, -0.2) is 0 Å². The van der Waals surface area contributed by atoms with Crippen LogP contribution < -0.4 is 10.1 Å². The minimum atomic E-state index is -0.104. The summed E-state index contributed by atoms with van der Waals surface area (Å²) < 4.78 is 5.31. The molecule has 0 saturated heterocycles. The highest BCUT2D eigenvalue weighted by molar-refractivity contribution is 6.30.